The van der Waals surface area contributed by atoms with Crippen molar-refractivity contribution >= 4 is 6.98 Å². The van der Waals surface area contributed by atoms with Gasteiger partial charge in [0.2, 0.25) is 0 Å². The molecule has 0 radical (unpaired) electrons. The fraction of sp³-hybridized carbons (Fsp3) is 1.00. The first-order valence-corrected chi connectivity index (χ1v) is 3.25. The molecule has 2 fully saturated rings. The minimum atomic E-state index is -4.48. The fourth-order valence-electron chi connectivity index (χ4n) is 1.65. The van der Waals surface area contributed by atoms with E-state index in [1.54, 1.807) is 0 Å². The fourth-order valence-corrected chi connectivity index (χ4v) is 1.65. The van der Waals surface area contributed by atoms with E-state index < -0.39 is 12.8 Å². The normalized spacial score (nSPS) is 37.0. The molecule has 52 valence electrons. The highest BCUT2D eigenvalue weighted by Gasteiger charge is 2.67. The highest BCUT2D eigenvalue weighted by molar-refractivity contribution is 6.61. The second-order valence-electron chi connectivity index (χ2n) is 3.30. The predicted octanol–water partition coefficient (Wildman–Crippen LogP) is 2.39. The Morgan fingerprint density at radius 3 is 1.89 bits per heavy atom. The lowest BCUT2D eigenvalue weighted by Gasteiger charge is -2.11. The van der Waals surface area contributed by atoms with E-state index in [1.807, 2.05) is 0 Å². The number of rotatable bonds is 1. The molecule has 9 heavy (non-hydrogen) atoms. The van der Waals surface area contributed by atoms with Crippen LogP contribution in [0.2, 0.25) is 5.82 Å². The molecule has 2 rings (SSSR count). The van der Waals surface area contributed by atoms with Crippen molar-refractivity contribution in [1.82, 2.24) is 0 Å². The van der Waals surface area contributed by atoms with E-state index in [-0.39, 0.29) is 5.41 Å². The van der Waals surface area contributed by atoms with Gasteiger partial charge in [0.1, 0.15) is 0 Å². The largest absolute Gasteiger partial charge is 0.481 e. The summed E-state index contributed by atoms with van der Waals surface area (Å²) in [4.78, 5) is 0. The molecule has 1 spiro atoms. The van der Waals surface area contributed by atoms with Crippen LogP contribution in [0.1, 0.15) is 19.3 Å². The predicted molar refractivity (Wildman–Crippen MR) is 29.1 cm³/mol. The van der Waals surface area contributed by atoms with Crippen LogP contribution in [-0.4, -0.2) is 6.98 Å². The van der Waals surface area contributed by atoms with Crippen molar-refractivity contribution in [3.8, 4) is 0 Å². The van der Waals surface area contributed by atoms with Crippen molar-refractivity contribution in [2.75, 3.05) is 0 Å². The van der Waals surface area contributed by atoms with Crippen LogP contribution < -0.4 is 0 Å². The Morgan fingerprint density at radius 2 is 1.78 bits per heavy atom. The van der Waals surface area contributed by atoms with Crippen molar-refractivity contribution < 1.29 is 12.9 Å². The first kappa shape index (κ1) is 5.63. The van der Waals surface area contributed by atoms with Gasteiger partial charge in [-0.05, 0) is 12.8 Å². The summed E-state index contributed by atoms with van der Waals surface area (Å²) < 4.78 is 35.5. The molecule has 0 bridgehead atoms. The Bertz CT molecular complexity index is 147. The van der Waals surface area contributed by atoms with Gasteiger partial charge >= 0.3 is 6.98 Å². The summed E-state index contributed by atoms with van der Waals surface area (Å²) >= 11 is 0. The first-order valence-electron chi connectivity index (χ1n) is 3.25. The second kappa shape index (κ2) is 1.16. The third-order valence-electron chi connectivity index (χ3n) is 2.60. The van der Waals surface area contributed by atoms with Crippen LogP contribution >= 0.6 is 0 Å². The van der Waals surface area contributed by atoms with Gasteiger partial charge in [0.15, 0.2) is 0 Å². The maximum atomic E-state index is 11.8. The Morgan fingerprint density at radius 1 is 1.22 bits per heavy atom. The molecule has 0 aliphatic heterocycles. The summed E-state index contributed by atoms with van der Waals surface area (Å²) in [5.74, 6) is -0.863. The monoisotopic (exact) mass is 135 g/mol. The van der Waals surface area contributed by atoms with Crippen molar-refractivity contribution in [3.05, 3.63) is 0 Å². The van der Waals surface area contributed by atoms with Gasteiger partial charge in [-0.3, -0.25) is 0 Å². The average molecular weight is 135 g/mol. The van der Waals surface area contributed by atoms with E-state index in [9.17, 15) is 12.9 Å². The van der Waals surface area contributed by atoms with Gasteiger partial charge in [0.05, 0.1) is 0 Å². The van der Waals surface area contributed by atoms with Gasteiger partial charge < -0.3 is 12.9 Å². The molecule has 4 heteroatoms. The molecule has 0 saturated heterocycles. The smallest absolute Gasteiger partial charge is 0.449 e. The third kappa shape index (κ3) is 0.683. The van der Waals surface area contributed by atoms with Gasteiger partial charge in [0, 0.05) is 0 Å². The van der Waals surface area contributed by atoms with Gasteiger partial charge in [-0.1, -0.05) is 17.7 Å². The molecular formula is C5H7BF3-. The lowest BCUT2D eigenvalue weighted by atomic mass is 9.81. The van der Waals surface area contributed by atoms with Crippen LogP contribution in [0.4, 0.5) is 12.9 Å². The number of hydrogen-bond acceptors (Lipinski definition) is 0. The van der Waals surface area contributed by atoms with E-state index >= 15 is 0 Å². The van der Waals surface area contributed by atoms with Crippen molar-refractivity contribution in [2.24, 2.45) is 5.41 Å². The summed E-state index contributed by atoms with van der Waals surface area (Å²) in [6.45, 7) is -4.48. The molecule has 0 N–H and O–H groups in total. The van der Waals surface area contributed by atoms with E-state index in [1.165, 1.54) is 0 Å². The van der Waals surface area contributed by atoms with Crippen molar-refractivity contribution in [2.45, 2.75) is 25.1 Å². The summed E-state index contributed by atoms with van der Waals surface area (Å²) in [6, 6.07) is 0. The number of hydrogen-bond donors (Lipinski definition) is 0. The zero-order valence-electron chi connectivity index (χ0n) is 4.91. The topological polar surface area (TPSA) is 0 Å². The molecule has 2 saturated carbocycles. The molecule has 0 aromatic rings. The van der Waals surface area contributed by atoms with E-state index in [4.69, 9.17) is 0 Å². The molecule has 0 nitrogen and oxygen atoms in total. The van der Waals surface area contributed by atoms with Crippen LogP contribution in [0, 0.1) is 5.41 Å². The van der Waals surface area contributed by atoms with Crippen LogP contribution in [0.25, 0.3) is 0 Å². The average Bonchev–Trinajstić information content (AvgIpc) is 2.46. The molecular weight excluding hydrogens is 128 g/mol. The Labute approximate surface area is 51.5 Å². The summed E-state index contributed by atoms with van der Waals surface area (Å²) in [6.07, 6.45) is 2.11. The van der Waals surface area contributed by atoms with Gasteiger partial charge in [-0.15, -0.1) is 0 Å². The lowest BCUT2D eigenvalue weighted by molar-refractivity contribution is 0.458. The first-order chi connectivity index (χ1) is 4.05. The highest BCUT2D eigenvalue weighted by atomic mass is 19.4. The zero-order valence-corrected chi connectivity index (χ0v) is 4.91. The Hall–Kier alpha value is -0.145. The van der Waals surface area contributed by atoms with Gasteiger partial charge in [0.25, 0.3) is 0 Å². The van der Waals surface area contributed by atoms with Gasteiger partial charge in [-0.25, -0.2) is 0 Å². The molecule has 1 atom stereocenters. The molecule has 1 unspecified atom stereocenters. The molecule has 2 aliphatic rings. The second-order valence-corrected chi connectivity index (χ2v) is 3.30. The number of halogens is 3. The van der Waals surface area contributed by atoms with E-state index in [0.29, 0.717) is 6.42 Å². The van der Waals surface area contributed by atoms with Gasteiger partial charge in [-0.2, -0.15) is 0 Å². The summed E-state index contributed by atoms with van der Waals surface area (Å²) in [5.41, 5.74) is -0.196. The summed E-state index contributed by atoms with van der Waals surface area (Å²) in [7, 11) is 0. The molecule has 2 aliphatic carbocycles. The lowest BCUT2D eigenvalue weighted by Crippen LogP contribution is -2.15. The maximum absolute atomic E-state index is 11.8. The maximum Gasteiger partial charge on any atom is 0.481 e. The quantitative estimate of drug-likeness (QED) is 0.484. The van der Waals surface area contributed by atoms with E-state index in [2.05, 4.69) is 0 Å². The third-order valence-corrected chi connectivity index (χ3v) is 2.60. The highest BCUT2D eigenvalue weighted by Crippen LogP contribution is 2.77. The standard InChI is InChI=1S/C5H7BF3/c7-6(8,9)4-3-5(4)1-2-5/h4H,1-3H2/q-1. The van der Waals surface area contributed by atoms with Crippen LogP contribution in [0.3, 0.4) is 0 Å². The van der Waals surface area contributed by atoms with Crippen LogP contribution in [0.15, 0.2) is 0 Å². The van der Waals surface area contributed by atoms with Crippen LogP contribution in [-0.2, 0) is 0 Å². The Balaban J connectivity index is 2.04. The molecule has 0 aromatic heterocycles. The SMILES string of the molecule is F[B-](F)(F)C1CC12CC2. The van der Waals surface area contributed by atoms with Crippen LogP contribution in [0.5, 0.6) is 0 Å². The van der Waals surface area contributed by atoms with Crippen molar-refractivity contribution in [1.29, 1.82) is 0 Å². The van der Waals surface area contributed by atoms with Crippen molar-refractivity contribution in [3.63, 3.8) is 0 Å². The minimum Gasteiger partial charge on any atom is -0.449 e. The Kier molecular flexibility index (Phi) is 0.724. The molecule has 0 amide bonds. The zero-order chi connectivity index (χ0) is 6.70. The molecule has 0 heterocycles. The molecule has 0 aromatic carbocycles. The summed E-state index contributed by atoms with van der Waals surface area (Å²) in [5, 5.41) is 0. The van der Waals surface area contributed by atoms with E-state index in [0.717, 1.165) is 12.8 Å². The minimum absolute atomic E-state index is 0.196.